The first-order chi connectivity index (χ1) is 17.4. The Bertz CT molecular complexity index is 1140. The van der Waals surface area contributed by atoms with Crippen molar-refractivity contribution in [2.24, 2.45) is 5.73 Å². The Kier molecular flexibility index (Phi) is 8.36. The fourth-order valence-corrected chi connectivity index (χ4v) is 5.06. The lowest BCUT2D eigenvalue weighted by molar-refractivity contribution is -0.137. The molecule has 194 valence electrons. The number of ether oxygens (including phenoxy) is 3. The van der Waals surface area contributed by atoms with Crippen LogP contribution in [0.1, 0.15) is 38.3 Å². The highest BCUT2D eigenvalue weighted by Crippen LogP contribution is 2.39. The van der Waals surface area contributed by atoms with E-state index in [-0.39, 0.29) is 12.5 Å². The molecule has 0 bridgehead atoms. The van der Waals surface area contributed by atoms with Crippen LogP contribution < -0.4 is 20.5 Å². The van der Waals surface area contributed by atoms with Crippen LogP contribution in [0.25, 0.3) is 0 Å². The molecule has 0 aliphatic carbocycles. The Morgan fingerprint density at radius 1 is 1.28 bits per heavy atom. The molecular weight excluding hydrogens is 484 g/mol. The number of primary amides is 1. The zero-order valence-corrected chi connectivity index (χ0v) is 21.6. The lowest BCUT2D eigenvalue weighted by Crippen LogP contribution is -2.43. The van der Waals surface area contributed by atoms with Gasteiger partial charge in [0.1, 0.15) is 6.04 Å². The van der Waals surface area contributed by atoms with Gasteiger partial charge in [-0.25, -0.2) is 4.68 Å². The minimum Gasteiger partial charge on any atom is -0.493 e. The fraction of sp³-hybridized carbons (Fsp3) is 0.500. The molecule has 4 rings (SSSR count). The number of fused-ring (bicyclic) bond motifs is 1. The molecule has 2 aliphatic heterocycles. The number of hydrogen-bond acceptors (Lipinski definition) is 9. The van der Waals surface area contributed by atoms with E-state index in [9.17, 15) is 9.59 Å². The summed E-state index contributed by atoms with van der Waals surface area (Å²) in [4.78, 5) is 31.3. The summed E-state index contributed by atoms with van der Waals surface area (Å²) >= 11 is 1.57. The summed E-state index contributed by atoms with van der Waals surface area (Å²) in [6.45, 7) is 5.97. The van der Waals surface area contributed by atoms with Crippen LogP contribution in [-0.4, -0.2) is 77.3 Å². The van der Waals surface area contributed by atoms with Gasteiger partial charge in [-0.2, -0.15) is 4.98 Å². The van der Waals surface area contributed by atoms with Crippen LogP contribution in [0, 0.1) is 0 Å². The summed E-state index contributed by atoms with van der Waals surface area (Å²) in [5, 5.41) is 8.45. The minimum absolute atomic E-state index is 0.111. The number of carbonyl (C=O) groups excluding carboxylic acids is 2. The van der Waals surface area contributed by atoms with E-state index >= 15 is 0 Å². The Labute approximate surface area is 214 Å². The van der Waals surface area contributed by atoms with Gasteiger partial charge < -0.3 is 30.2 Å². The molecule has 11 nitrogen and oxygen atoms in total. The molecule has 36 heavy (non-hydrogen) atoms. The summed E-state index contributed by atoms with van der Waals surface area (Å²) in [5.74, 6) is 1.63. The predicted molar refractivity (Wildman–Crippen MR) is 135 cm³/mol. The molecule has 0 spiro atoms. The van der Waals surface area contributed by atoms with E-state index < -0.39 is 11.9 Å². The van der Waals surface area contributed by atoms with Crippen molar-refractivity contribution in [3.8, 4) is 11.5 Å². The standard InChI is InChI=1S/C24H32N6O5S/c1-4-5-12-36-24-27-23-26-15(2)20(22(25)32)21(30(23)28-24)16-6-7-17(18(13-16)33-3)35-14-19(31)29-8-10-34-11-9-29/h6-7,13,21H,4-5,8-12,14H2,1-3H3,(H2,25,32)(H,26,27,28). The second-order valence-electron chi connectivity index (χ2n) is 8.49. The minimum atomic E-state index is -0.593. The molecular formula is C24H32N6O5S. The van der Waals surface area contributed by atoms with Gasteiger partial charge >= 0.3 is 0 Å². The number of methoxy groups -OCH3 is 1. The van der Waals surface area contributed by atoms with Gasteiger partial charge in [0.25, 0.3) is 5.91 Å². The van der Waals surface area contributed by atoms with Gasteiger partial charge in [0.05, 0.1) is 25.9 Å². The molecule has 12 heteroatoms. The van der Waals surface area contributed by atoms with Gasteiger partial charge in [-0.3, -0.25) is 9.59 Å². The van der Waals surface area contributed by atoms with Gasteiger partial charge in [0.15, 0.2) is 18.1 Å². The van der Waals surface area contributed by atoms with Crippen LogP contribution in [0.2, 0.25) is 0 Å². The number of aromatic nitrogens is 3. The van der Waals surface area contributed by atoms with E-state index in [1.165, 1.54) is 7.11 Å². The van der Waals surface area contributed by atoms with Crippen molar-refractivity contribution in [1.82, 2.24) is 19.7 Å². The third kappa shape index (κ3) is 5.59. The molecule has 2 amide bonds. The van der Waals surface area contributed by atoms with E-state index in [0.29, 0.717) is 60.2 Å². The molecule has 1 unspecified atom stereocenters. The molecule has 1 fully saturated rings. The van der Waals surface area contributed by atoms with Crippen LogP contribution in [0.3, 0.4) is 0 Å². The van der Waals surface area contributed by atoms with Crippen LogP contribution >= 0.6 is 11.8 Å². The summed E-state index contributed by atoms with van der Waals surface area (Å²) in [6.07, 6.45) is 2.14. The van der Waals surface area contributed by atoms with Crippen molar-refractivity contribution in [3.05, 3.63) is 35.0 Å². The molecule has 1 saturated heterocycles. The van der Waals surface area contributed by atoms with Gasteiger partial charge in [0, 0.05) is 24.5 Å². The topological polar surface area (TPSA) is 134 Å². The maximum atomic E-state index is 12.5. The molecule has 3 heterocycles. The Hall–Kier alpha value is -3.25. The summed E-state index contributed by atoms with van der Waals surface area (Å²) in [6, 6.07) is 4.73. The molecule has 3 N–H and O–H groups in total. The van der Waals surface area contributed by atoms with E-state index in [1.54, 1.807) is 40.4 Å². The lowest BCUT2D eigenvalue weighted by Gasteiger charge is -2.28. The van der Waals surface area contributed by atoms with Crippen molar-refractivity contribution < 1.29 is 23.8 Å². The van der Waals surface area contributed by atoms with Gasteiger partial charge in [-0.15, -0.1) is 5.10 Å². The second-order valence-corrected chi connectivity index (χ2v) is 9.55. The highest BCUT2D eigenvalue weighted by Gasteiger charge is 2.34. The smallest absolute Gasteiger partial charge is 0.260 e. The second kappa shape index (κ2) is 11.7. The fourth-order valence-electron chi connectivity index (χ4n) is 4.14. The van der Waals surface area contributed by atoms with Crippen molar-refractivity contribution >= 4 is 29.5 Å². The number of amides is 2. The number of morpholine rings is 1. The molecule has 2 aliphatic rings. The van der Waals surface area contributed by atoms with Gasteiger partial charge in [-0.05, 0) is 31.0 Å². The average molecular weight is 517 g/mol. The Morgan fingerprint density at radius 2 is 2.06 bits per heavy atom. The Balaban J connectivity index is 1.60. The quantitative estimate of drug-likeness (QED) is 0.360. The predicted octanol–water partition coefficient (Wildman–Crippen LogP) is 2.19. The molecule has 2 aromatic rings. The van der Waals surface area contributed by atoms with Crippen molar-refractivity contribution in [3.63, 3.8) is 0 Å². The lowest BCUT2D eigenvalue weighted by atomic mass is 9.95. The van der Waals surface area contributed by atoms with E-state index in [2.05, 4.69) is 22.3 Å². The van der Waals surface area contributed by atoms with Crippen LogP contribution in [-0.2, 0) is 14.3 Å². The van der Waals surface area contributed by atoms with Crippen LogP contribution in [0.15, 0.2) is 34.6 Å². The third-order valence-corrected chi connectivity index (χ3v) is 6.97. The highest BCUT2D eigenvalue weighted by molar-refractivity contribution is 7.99. The maximum absolute atomic E-state index is 12.5. The third-order valence-electron chi connectivity index (χ3n) is 6.05. The maximum Gasteiger partial charge on any atom is 0.260 e. The molecule has 0 saturated carbocycles. The van der Waals surface area contributed by atoms with E-state index in [1.807, 2.05) is 6.07 Å². The monoisotopic (exact) mass is 516 g/mol. The number of anilines is 1. The Morgan fingerprint density at radius 3 is 2.75 bits per heavy atom. The number of benzene rings is 1. The van der Waals surface area contributed by atoms with Gasteiger partial charge in [-0.1, -0.05) is 31.2 Å². The first-order valence-electron chi connectivity index (χ1n) is 12.0. The van der Waals surface area contributed by atoms with E-state index in [4.69, 9.17) is 19.9 Å². The number of hydrogen-bond donors (Lipinski definition) is 2. The first-order valence-corrected chi connectivity index (χ1v) is 12.9. The molecule has 1 aromatic heterocycles. The number of carbonyl (C=O) groups is 2. The number of allylic oxidation sites excluding steroid dienone is 1. The molecule has 1 aromatic carbocycles. The van der Waals surface area contributed by atoms with Crippen molar-refractivity contribution in [1.29, 1.82) is 0 Å². The number of nitrogens with two attached hydrogens (primary N) is 1. The average Bonchev–Trinajstić information content (AvgIpc) is 3.29. The number of thioether (sulfide) groups is 1. The molecule has 0 radical (unpaired) electrons. The SMILES string of the molecule is CCCCSc1nc2n(n1)C(c1ccc(OCC(=O)N3CCOCC3)c(OC)c1)C(C(N)=O)=C(C)N2. The van der Waals surface area contributed by atoms with Gasteiger partial charge in [0.2, 0.25) is 17.0 Å². The van der Waals surface area contributed by atoms with Crippen LogP contribution in [0.4, 0.5) is 5.95 Å². The number of nitrogens with zero attached hydrogens (tertiary/aromatic N) is 4. The van der Waals surface area contributed by atoms with Crippen molar-refractivity contribution in [2.75, 3.05) is 51.1 Å². The first kappa shape index (κ1) is 25.8. The highest BCUT2D eigenvalue weighted by atomic mass is 32.2. The van der Waals surface area contributed by atoms with Crippen molar-refractivity contribution in [2.45, 2.75) is 37.9 Å². The number of unbranched alkanes of at least 4 members (excludes halogenated alkanes) is 1. The summed E-state index contributed by atoms with van der Waals surface area (Å²) in [5.41, 5.74) is 7.52. The number of nitrogens with one attached hydrogen (secondary N) is 1. The summed E-state index contributed by atoms with van der Waals surface area (Å²) < 4.78 is 18.3. The normalized spacial score (nSPS) is 17.4. The van der Waals surface area contributed by atoms with E-state index in [0.717, 1.165) is 24.2 Å². The molecule has 1 atom stereocenters. The number of rotatable bonds is 10. The zero-order valence-electron chi connectivity index (χ0n) is 20.8. The van der Waals surface area contributed by atoms with Crippen LogP contribution in [0.5, 0.6) is 11.5 Å². The largest absolute Gasteiger partial charge is 0.493 e. The zero-order chi connectivity index (χ0) is 25.7. The summed E-state index contributed by atoms with van der Waals surface area (Å²) in [7, 11) is 1.53.